The molecule has 0 unspecified atom stereocenters. The number of guanidine groups is 1. The first kappa shape index (κ1) is 17.2. The fourth-order valence-corrected chi connectivity index (χ4v) is 1.70. The molecule has 1 aromatic heterocycles. The minimum Gasteiger partial charge on any atom is -0.356 e. The van der Waals surface area contributed by atoms with E-state index in [4.69, 9.17) is 11.6 Å². The van der Waals surface area contributed by atoms with E-state index in [9.17, 15) is 4.79 Å². The Morgan fingerprint density at radius 3 is 2.71 bits per heavy atom. The molecule has 0 saturated heterocycles. The Morgan fingerprint density at radius 1 is 1.29 bits per heavy atom. The zero-order valence-electron chi connectivity index (χ0n) is 12.4. The lowest BCUT2D eigenvalue weighted by Crippen LogP contribution is -2.43. The summed E-state index contributed by atoms with van der Waals surface area (Å²) in [6.07, 6.45) is 3.47. The first-order valence-corrected chi connectivity index (χ1v) is 7.35. The number of hydrogen-bond donors (Lipinski definition) is 3. The van der Waals surface area contributed by atoms with Crippen molar-refractivity contribution in [2.24, 2.45) is 4.99 Å². The van der Waals surface area contributed by atoms with Gasteiger partial charge in [0.15, 0.2) is 5.96 Å². The van der Waals surface area contributed by atoms with E-state index in [2.05, 4.69) is 25.9 Å². The van der Waals surface area contributed by atoms with Crippen LogP contribution in [-0.2, 0) is 11.2 Å². The van der Waals surface area contributed by atoms with Crippen LogP contribution >= 0.6 is 11.6 Å². The van der Waals surface area contributed by atoms with Crippen LogP contribution in [0.15, 0.2) is 23.3 Å². The number of nitrogens with zero attached hydrogens (tertiary/aromatic N) is 2. The number of aromatic nitrogens is 1. The van der Waals surface area contributed by atoms with Gasteiger partial charge in [-0.15, -0.1) is 0 Å². The van der Waals surface area contributed by atoms with Gasteiger partial charge in [-0.2, -0.15) is 0 Å². The second-order valence-corrected chi connectivity index (χ2v) is 4.83. The average Bonchev–Trinajstić information content (AvgIpc) is 2.50. The van der Waals surface area contributed by atoms with Gasteiger partial charge in [0, 0.05) is 26.3 Å². The minimum atomic E-state index is -0.0401. The van der Waals surface area contributed by atoms with Crippen molar-refractivity contribution in [2.75, 3.05) is 26.7 Å². The number of amides is 1. The molecule has 21 heavy (non-hydrogen) atoms. The van der Waals surface area contributed by atoms with Crippen LogP contribution in [-0.4, -0.2) is 43.5 Å². The zero-order valence-corrected chi connectivity index (χ0v) is 13.2. The molecule has 0 aliphatic rings. The van der Waals surface area contributed by atoms with E-state index >= 15 is 0 Å². The fourth-order valence-electron chi connectivity index (χ4n) is 1.59. The van der Waals surface area contributed by atoms with Crippen LogP contribution in [0.5, 0.6) is 0 Å². The van der Waals surface area contributed by atoms with Gasteiger partial charge in [-0.05, 0) is 24.5 Å². The average molecular weight is 312 g/mol. The molecule has 1 heterocycles. The van der Waals surface area contributed by atoms with Gasteiger partial charge in [-0.3, -0.25) is 9.79 Å². The maximum atomic E-state index is 11.5. The third-order valence-corrected chi connectivity index (χ3v) is 2.93. The summed E-state index contributed by atoms with van der Waals surface area (Å²) in [6.45, 7) is 3.61. The van der Waals surface area contributed by atoms with Crippen molar-refractivity contribution < 1.29 is 4.79 Å². The van der Waals surface area contributed by atoms with Crippen LogP contribution in [0.25, 0.3) is 0 Å². The molecule has 0 saturated carbocycles. The highest BCUT2D eigenvalue weighted by Crippen LogP contribution is 2.05. The van der Waals surface area contributed by atoms with Crippen molar-refractivity contribution in [2.45, 2.75) is 19.8 Å². The molecule has 7 heteroatoms. The van der Waals surface area contributed by atoms with E-state index < -0.39 is 0 Å². The Kier molecular flexibility index (Phi) is 8.19. The molecule has 0 aliphatic heterocycles. The van der Waals surface area contributed by atoms with Crippen molar-refractivity contribution in [3.63, 3.8) is 0 Å². The number of rotatable bonds is 7. The van der Waals surface area contributed by atoms with Gasteiger partial charge in [-0.1, -0.05) is 24.6 Å². The number of halogens is 1. The minimum absolute atomic E-state index is 0.0401. The number of carbonyl (C=O) groups excluding carboxylic acids is 1. The van der Waals surface area contributed by atoms with Gasteiger partial charge >= 0.3 is 0 Å². The van der Waals surface area contributed by atoms with Gasteiger partial charge < -0.3 is 16.0 Å². The van der Waals surface area contributed by atoms with E-state index in [0.717, 1.165) is 18.4 Å². The first-order chi connectivity index (χ1) is 10.2. The second-order valence-electron chi connectivity index (χ2n) is 4.44. The summed E-state index contributed by atoms with van der Waals surface area (Å²) >= 11 is 5.73. The smallest absolute Gasteiger partial charge is 0.239 e. The van der Waals surface area contributed by atoms with Crippen LogP contribution in [0.1, 0.15) is 18.9 Å². The van der Waals surface area contributed by atoms with E-state index in [0.29, 0.717) is 24.2 Å². The Morgan fingerprint density at radius 2 is 2.10 bits per heavy atom. The van der Waals surface area contributed by atoms with Crippen molar-refractivity contribution >= 4 is 23.5 Å². The maximum Gasteiger partial charge on any atom is 0.239 e. The van der Waals surface area contributed by atoms with Crippen LogP contribution < -0.4 is 16.0 Å². The molecule has 116 valence electrons. The lowest BCUT2D eigenvalue weighted by molar-refractivity contribution is -0.120. The number of hydrogen-bond acceptors (Lipinski definition) is 3. The standard InChI is InChI=1S/C14H22ClN5O/c1-3-7-17-13(21)10-20-14(16-2)18-8-6-11-4-5-12(15)19-9-11/h4-5,9H,3,6-8,10H2,1-2H3,(H,17,21)(H2,16,18,20). The zero-order chi connectivity index (χ0) is 15.5. The van der Waals surface area contributed by atoms with Crippen LogP contribution in [0.4, 0.5) is 0 Å². The SMILES string of the molecule is CCCNC(=O)CNC(=NC)NCCc1ccc(Cl)nc1. The van der Waals surface area contributed by atoms with Crippen molar-refractivity contribution in [1.29, 1.82) is 0 Å². The molecule has 0 aromatic carbocycles. The molecule has 0 aliphatic carbocycles. The normalized spacial score (nSPS) is 11.1. The van der Waals surface area contributed by atoms with Crippen molar-refractivity contribution in [1.82, 2.24) is 20.9 Å². The fraction of sp³-hybridized carbons (Fsp3) is 0.500. The Hall–Kier alpha value is -1.82. The summed E-state index contributed by atoms with van der Waals surface area (Å²) in [4.78, 5) is 19.6. The van der Waals surface area contributed by atoms with Gasteiger partial charge in [0.2, 0.25) is 5.91 Å². The molecule has 0 atom stereocenters. The molecule has 3 N–H and O–H groups in total. The Balaban J connectivity index is 2.25. The number of pyridine rings is 1. The summed E-state index contributed by atoms with van der Waals surface area (Å²) in [7, 11) is 1.67. The van der Waals surface area contributed by atoms with Gasteiger partial charge in [0.25, 0.3) is 0 Å². The van der Waals surface area contributed by atoms with Gasteiger partial charge in [0.05, 0.1) is 6.54 Å². The van der Waals surface area contributed by atoms with E-state index in [1.54, 1.807) is 19.3 Å². The number of nitrogens with one attached hydrogen (secondary N) is 3. The first-order valence-electron chi connectivity index (χ1n) is 6.97. The molecule has 6 nitrogen and oxygen atoms in total. The van der Waals surface area contributed by atoms with E-state index in [1.165, 1.54) is 0 Å². The Labute approximate surface area is 130 Å². The highest BCUT2D eigenvalue weighted by molar-refractivity contribution is 6.29. The van der Waals surface area contributed by atoms with Crippen LogP contribution in [0.3, 0.4) is 0 Å². The van der Waals surface area contributed by atoms with Crippen molar-refractivity contribution in [3.05, 3.63) is 29.0 Å². The van der Waals surface area contributed by atoms with E-state index in [1.807, 2.05) is 13.0 Å². The number of aliphatic imine (C=N–C) groups is 1. The third-order valence-electron chi connectivity index (χ3n) is 2.71. The molecule has 0 radical (unpaired) electrons. The summed E-state index contributed by atoms with van der Waals surface area (Å²) in [5.74, 6) is 0.560. The second kappa shape index (κ2) is 9.99. The maximum absolute atomic E-state index is 11.5. The molecule has 1 amide bonds. The molecule has 0 bridgehead atoms. The quantitative estimate of drug-likeness (QED) is 0.398. The van der Waals surface area contributed by atoms with Crippen LogP contribution in [0, 0.1) is 0 Å². The Bertz CT molecular complexity index is 461. The van der Waals surface area contributed by atoms with Crippen molar-refractivity contribution in [3.8, 4) is 0 Å². The molecular formula is C14H22ClN5O. The topological polar surface area (TPSA) is 78.4 Å². The predicted octanol–water partition coefficient (Wildman–Crippen LogP) is 0.969. The van der Waals surface area contributed by atoms with Gasteiger partial charge in [-0.25, -0.2) is 4.98 Å². The predicted molar refractivity (Wildman–Crippen MR) is 85.6 cm³/mol. The molecular weight excluding hydrogens is 290 g/mol. The monoisotopic (exact) mass is 311 g/mol. The summed E-state index contributed by atoms with van der Waals surface area (Å²) in [5.41, 5.74) is 1.09. The summed E-state index contributed by atoms with van der Waals surface area (Å²) in [5, 5.41) is 9.39. The number of carbonyl (C=O) groups is 1. The van der Waals surface area contributed by atoms with E-state index in [-0.39, 0.29) is 12.5 Å². The lowest BCUT2D eigenvalue weighted by atomic mass is 10.2. The largest absolute Gasteiger partial charge is 0.356 e. The van der Waals surface area contributed by atoms with Crippen LogP contribution in [0.2, 0.25) is 5.15 Å². The third kappa shape index (κ3) is 7.51. The lowest BCUT2D eigenvalue weighted by Gasteiger charge is -2.11. The molecule has 1 aromatic rings. The molecule has 1 rings (SSSR count). The highest BCUT2D eigenvalue weighted by Gasteiger charge is 2.02. The highest BCUT2D eigenvalue weighted by atomic mass is 35.5. The summed E-state index contributed by atoms with van der Waals surface area (Å²) < 4.78 is 0. The van der Waals surface area contributed by atoms with Gasteiger partial charge in [0.1, 0.15) is 5.15 Å². The summed E-state index contributed by atoms with van der Waals surface area (Å²) in [6, 6.07) is 3.70. The molecule has 0 fully saturated rings. The molecule has 0 spiro atoms.